The van der Waals surface area contributed by atoms with Crippen LogP contribution in [0, 0.1) is 5.41 Å². The molecular weight excluding hydrogens is 208 g/mol. The molecule has 16 heavy (non-hydrogen) atoms. The summed E-state index contributed by atoms with van der Waals surface area (Å²) in [5, 5.41) is 2.76. The van der Waals surface area contributed by atoms with Crippen molar-refractivity contribution in [3.63, 3.8) is 0 Å². The fourth-order valence-corrected chi connectivity index (χ4v) is 1.11. The molecule has 3 N–H and O–H groups in total. The number of nitrogens with two attached hydrogens (primary N) is 1. The molecule has 2 unspecified atom stereocenters. The van der Waals surface area contributed by atoms with Crippen molar-refractivity contribution < 1.29 is 14.3 Å². The number of methoxy groups -OCH3 is 2. The summed E-state index contributed by atoms with van der Waals surface area (Å²) >= 11 is 0. The monoisotopic (exact) mass is 232 g/mol. The third-order valence-corrected chi connectivity index (χ3v) is 2.41. The van der Waals surface area contributed by atoms with E-state index in [9.17, 15) is 4.79 Å². The molecule has 0 radical (unpaired) electrons. The lowest BCUT2D eigenvalue weighted by molar-refractivity contribution is -0.125. The van der Waals surface area contributed by atoms with Gasteiger partial charge in [-0.05, 0) is 5.41 Å². The Kier molecular flexibility index (Phi) is 6.55. The van der Waals surface area contributed by atoms with Gasteiger partial charge in [0.05, 0.1) is 18.8 Å². The van der Waals surface area contributed by atoms with Gasteiger partial charge in [-0.15, -0.1) is 0 Å². The molecule has 0 aliphatic carbocycles. The Morgan fingerprint density at radius 3 is 2.31 bits per heavy atom. The Morgan fingerprint density at radius 1 is 1.38 bits per heavy atom. The van der Waals surface area contributed by atoms with Gasteiger partial charge in [0, 0.05) is 20.8 Å². The first-order valence-corrected chi connectivity index (χ1v) is 5.38. The van der Waals surface area contributed by atoms with Crippen molar-refractivity contribution in [1.82, 2.24) is 5.32 Å². The lowest BCUT2D eigenvalue weighted by atomic mass is 9.87. The van der Waals surface area contributed by atoms with Crippen LogP contribution in [0.15, 0.2) is 0 Å². The Bertz CT molecular complexity index is 214. The largest absolute Gasteiger partial charge is 0.382 e. The molecule has 0 aliphatic heterocycles. The molecule has 0 aromatic rings. The summed E-state index contributed by atoms with van der Waals surface area (Å²) in [7, 11) is 3.17. The number of carbonyl (C=O) groups is 1. The van der Waals surface area contributed by atoms with Crippen molar-refractivity contribution in [2.24, 2.45) is 11.1 Å². The zero-order chi connectivity index (χ0) is 12.8. The van der Waals surface area contributed by atoms with Crippen LogP contribution in [0.4, 0.5) is 0 Å². The topological polar surface area (TPSA) is 73.6 Å². The van der Waals surface area contributed by atoms with Gasteiger partial charge in [0.25, 0.3) is 0 Å². The van der Waals surface area contributed by atoms with Crippen molar-refractivity contribution in [3.8, 4) is 0 Å². The first-order chi connectivity index (χ1) is 7.32. The van der Waals surface area contributed by atoms with Crippen LogP contribution in [0.1, 0.15) is 20.8 Å². The summed E-state index contributed by atoms with van der Waals surface area (Å²) in [6.07, 6.45) is -0.138. The van der Waals surface area contributed by atoms with Gasteiger partial charge in [-0.1, -0.05) is 20.8 Å². The van der Waals surface area contributed by atoms with Crippen LogP contribution in [0.5, 0.6) is 0 Å². The van der Waals surface area contributed by atoms with Crippen molar-refractivity contribution in [1.29, 1.82) is 0 Å². The summed E-state index contributed by atoms with van der Waals surface area (Å²) < 4.78 is 10.1. The van der Waals surface area contributed by atoms with E-state index in [4.69, 9.17) is 15.2 Å². The van der Waals surface area contributed by atoms with E-state index in [0.717, 1.165) is 0 Å². The predicted molar refractivity (Wildman–Crippen MR) is 63.1 cm³/mol. The second-order valence-electron chi connectivity index (χ2n) is 4.90. The molecule has 0 rings (SSSR count). The number of nitrogens with one attached hydrogen (secondary N) is 1. The minimum absolute atomic E-state index is 0.138. The number of hydrogen-bond donors (Lipinski definition) is 2. The molecule has 0 aromatic carbocycles. The number of carbonyl (C=O) groups excluding carboxylic acids is 1. The van der Waals surface area contributed by atoms with E-state index in [2.05, 4.69) is 5.32 Å². The predicted octanol–water partition coefficient (Wildman–Crippen LogP) is 0.137. The van der Waals surface area contributed by atoms with Gasteiger partial charge < -0.3 is 20.5 Å². The maximum atomic E-state index is 11.7. The Balaban J connectivity index is 4.06. The third kappa shape index (κ3) is 5.44. The molecule has 96 valence electrons. The molecule has 0 heterocycles. The summed E-state index contributed by atoms with van der Waals surface area (Å²) in [6.45, 7) is 6.65. The van der Waals surface area contributed by atoms with Crippen LogP contribution < -0.4 is 11.1 Å². The number of ether oxygens (including phenoxy) is 2. The quantitative estimate of drug-likeness (QED) is 0.683. The maximum Gasteiger partial charge on any atom is 0.237 e. The highest BCUT2D eigenvalue weighted by molar-refractivity contribution is 5.82. The second kappa shape index (κ2) is 6.83. The van der Waals surface area contributed by atoms with Crippen LogP contribution in [-0.4, -0.2) is 45.4 Å². The minimum Gasteiger partial charge on any atom is -0.382 e. The van der Waals surface area contributed by atoms with Crippen LogP contribution in [0.2, 0.25) is 0 Å². The van der Waals surface area contributed by atoms with E-state index in [-0.39, 0.29) is 17.4 Å². The lowest BCUT2D eigenvalue weighted by Crippen LogP contribution is -2.50. The SMILES string of the molecule is COCC(CNC(=O)C(N)C(C)(C)C)OC. The molecule has 0 fully saturated rings. The first-order valence-electron chi connectivity index (χ1n) is 5.38. The Morgan fingerprint density at radius 2 is 1.94 bits per heavy atom. The first kappa shape index (κ1) is 15.3. The molecule has 0 saturated carbocycles. The molecule has 0 saturated heterocycles. The van der Waals surface area contributed by atoms with Crippen LogP contribution >= 0.6 is 0 Å². The fraction of sp³-hybridized carbons (Fsp3) is 0.909. The average Bonchev–Trinajstić information content (AvgIpc) is 2.21. The van der Waals surface area contributed by atoms with E-state index < -0.39 is 6.04 Å². The summed E-state index contributed by atoms with van der Waals surface area (Å²) in [5.41, 5.74) is 5.57. The molecule has 1 amide bonds. The van der Waals surface area contributed by atoms with Gasteiger partial charge in [0.1, 0.15) is 0 Å². The van der Waals surface area contributed by atoms with Gasteiger partial charge in [-0.2, -0.15) is 0 Å². The van der Waals surface area contributed by atoms with E-state index in [1.807, 2.05) is 20.8 Å². The zero-order valence-corrected chi connectivity index (χ0v) is 10.9. The van der Waals surface area contributed by atoms with E-state index >= 15 is 0 Å². The minimum atomic E-state index is -0.521. The highest BCUT2D eigenvalue weighted by Crippen LogP contribution is 2.17. The number of hydrogen-bond acceptors (Lipinski definition) is 4. The smallest absolute Gasteiger partial charge is 0.237 e. The van der Waals surface area contributed by atoms with Crippen LogP contribution in [0.3, 0.4) is 0 Å². The average molecular weight is 232 g/mol. The zero-order valence-electron chi connectivity index (χ0n) is 10.9. The molecule has 0 aromatic heterocycles. The van der Waals surface area contributed by atoms with Gasteiger partial charge in [0.15, 0.2) is 0 Å². The van der Waals surface area contributed by atoms with Crippen molar-refractivity contribution in [2.75, 3.05) is 27.4 Å². The van der Waals surface area contributed by atoms with E-state index in [0.29, 0.717) is 13.2 Å². The molecule has 0 aliphatic rings. The summed E-state index contributed by atoms with van der Waals surface area (Å²) in [4.78, 5) is 11.7. The van der Waals surface area contributed by atoms with Gasteiger partial charge in [-0.3, -0.25) is 4.79 Å². The Labute approximate surface area is 97.7 Å². The van der Waals surface area contributed by atoms with Crippen molar-refractivity contribution >= 4 is 5.91 Å². The van der Waals surface area contributed by atoms with E-state index in [1.54, 1.807) is 14.2 Å². The van der Waals surface area contributed by atoms with Crippen molar-refractivity contribution in [3.05, 3.63) is 0 Å². The molecular formula is C11H24N2O3. The van der Waals surface area contributed by atoms with E-state index in [1.165, 1.54) is 0 Å². The molecule has 0 spiro atoms. The normalized spacial score (nSPS) is 15.6. The second-order valence-corrected chi connectivity index (χ2v) is 4.90. The van der Waals surface area contributed by atoms with Crippen molar-refractivity contribution in [2.45, 2.75) is 32.9 Å². The highest BCUT2D eigenvalue weighted by atomic mass is 16.5. The van der Waals surface area contributed by atoms with Crippen LogP contribution in [0.25, 0.3) is 0 Å². The molecule has 5 heteroatoms. The summed E-state index contributed by atoms with van der Waals surface area (Å²) in [6, 6.07) is -0.521. The number of rotatable bonds is 6. The van der Waals surface area contributed by atoms with Gasteiger partial charge in [-0.25, -0.2) is 0 Å². The van der Waals surface area contributed by atoms with Gasteiger partial charge >= 0.3 is 0 Å². The lowest BCUT2D eigenvalue weighted by Gasteiger charge is -2.26. The molecule has 2 atom stereocenters. The molecule has 5 nitrogen and oxygen atoms in total. The van der Waals surface area contributed by atoms with Gasteiger partial charge in [0.2, 0.25) is 5.91 Å². The highest BCUT2D eigenvalue weighted by Gasteiger charge is 2.27. The third-order valence-electron chi connectivity index (χ3n) is 2.41. The number of amides is 1. The maximum absolute atomic E-state index is 11.7. The fourth-order valence-electron chi connectivity index (χ4n) is 1.11. The summed E-state index contributed by atoms with van der Waals surface area (Å²) in [5.74, 6) is -0.161. The Hall–Kier alpha value is -0.650. The van der Waals surface area contributed by atoms with Crippen LogP contribution in [-0.2, 0) is 14.3 Å². The standard InChI is InChI=1S/C11H24N2O3/c1-11(2,3)9(12)10(14)13-6-8(16-5)7-15-4/h8-9H,6-7,12H2,1-5H3,(H,13,14). The molecule has 0 bridgehead atoms.